The van der Waals surface area contributed by atoms with Gasteiger partial charge in [0.05, 0.1) is 11.6 Å². The molecular weight excluding hydrogens is 581 g/mol. The fourth-order valence-corrected chi connectivity index (χ4v) is 5.58. The molecule has 1 amide bonds. The number of nitrogens with zero attached hydrogens (tertiary/aromatic N) is 5. The Labute approximate surface area is 253 Å². The lowest BCUT2D eigenvalue weighted by atomic mass is 10.1. The number of para-hydroxylation sites is 1. The standard InChI is InChI=1S/C30H29Cl2N5O5/c31-22-6-11-27(28(32)16-22)30(19-37-21-33-20-34-37)40-18-26(42-30)17-39-24-9-7-23(8-10-24)35-12-14-36(15-13-35)29(38)41-25-4-2-1-3-5-25/h1-11,16,20-21,26H,12-15,17-19H2/t26-,30-/m1/s1. The van der Waals surface area contributed by atoms with Gasteiger partial charge in [0.15, 0.2) is 0 Å². The summed E-state index contributed by atoms with van der Waals surface area (Å²) in [6, 6.07) is 22.2. The SMILES string of the molecule is O=C(Oc1ccccc1)N1CCN(c2ccc(OC[C@@H]3CO[C@@](Cn4cncn4)(c4ccc(Cl)cc4Cl)O3)cc2)CC1. The first-order valence-corrected chi connectivity index (χ1v) is 14.3. The number of amides is 1. The Morgan fingerprint density at radius 1 is 0.976 bits per heavy atom. The Bertz CT molecular complexity index is 1480. The van der Waals surface area contributed by atoms with Crippen molar-refractivity contribution in [1.29, 1.82) is 0 Å². The molecule has 1 aromatic heterocycles. The summed E-state index contributed by atoms with van der Waals surface area (Å²) in [6.45, 7) is 3.43. The fraction of sp³-hybridized carbons (Fsp3) is 0.300. The predicted octanol–water partition coefficient (Wildman–Crippen LogP) is 5.25. The fourth-order valence-electron chi connectivity index (χ4n) is 5.03. The van der Waals surface area contributed by atoms with Crippen LogP contribution in [0.15, 0.2) is 85.5 Å². The van der Waals surface area contributed by atoms with Gasteiger partial charge in [-0.2, -0.15) is 5.10 Å². The number of ether oxygens (including phenoxy) is 4. The Morgan fingerprint density at radius 2 is 1.76 bits per heavy atom. The van der Waals surface area contributed by atoms with Crippen molar-refractivity contribution in [2.24, 2.45) is 0 Å². The van der Waals surface area contributed by atoms with Gasteiger partial charge in [-0.15, -0.1) is 0 Å². The molecule has 3 aromatic carbocycles. The minimum Gasteiger partial charge on any atom is -0.491 e. The minimum atomic E-state index is -1.16. The van der Waals surface area contributed by atoms with Crippen molar-refractivity contribution in [3.8, 4) is 11.5 Å². The van der Waals surface area contributed by atoms with Gasteiger partial charge in [-0.3, -0.25) is 0 Å². The number of carbonyl (C=O) groups is 1. The van der Waals surface area contributed by atoms with E-state index in [1.807, 2.05) is 42.5 Å². The van der Waals surface area contributed by atoms with E-state index in [9.17, 15) is 4.79 Å². The summed E-state index contributed by atoms with van der Waals surface area (Å²) >= 11 is 12.7. The largest absolute Gasteiger partial charge is 0.491 e. The molecule has 10 nitrogen and oxygen atoms in total. The number of rotatable bonds is 8. The first kappa shape index (κ1) is 28.3. The molecule has 6 rings (SSSR count). The molecule has 4 aromatic rings. The first-order chi connectivity index (χ1) is 20.5. The predicted molar refractivity (Wildman–Crippen MR) is 157 cm³/mol. The van der Waals surface area contributed by atoms with Gasteiger partial charge in [0, 0.05) is 42.5 Å². The van der Waals surface area contributed by atoms with E-state index in [1.165, 1.54) is 6.33 Å². The molecule has 0 radical (unpaired) electrons. The van der Waals surface area contributed by atoms with Crippen LogP contribution in [0.2, 0.25) is 10.0 Å². The van der Waals surface area contributed by atoms with Crippen molar-refractivity contribution in [2.75, 3.05) is 44.3 Å². The zero-order valence-corrected chi connectivity index (χ0v) is 24.2. The van der Waals surface area contributed by atoms with Gasteiger partial charge in [0.1, 0.15) is 43.4 Å². The van der Waals surface area contributed by atoms with E-state index in [0.29, 0.717) is 59.9 Å². The molecule has 2 aliphatic rings. The normalized spacial score (nSPS) is 20.5. The van der Waals surface area contributed by atoms with E-state index in [2.05, 4.69) is 15.0 Å². The Kier molecular flexibility index (Phi) is 8.48. The average molecular weight is 610 g/mol. The quantitative estimate of drug-likeness (QED) is 0.267. The highest BCUT2D eigenvalue weighted by molar-refractivity contribution is 6.35. The number of halogens is 2. The summed E-state index contributed by atoms with van der Waals surface area (Å²) in [5, 5.41) is 5.17. The van der Waals surface area contributed by atoms with Crippen LogP contribution in [0.3, 0.4) is 0 Å². The second-order valence-electron chi connectivity index (χ2n) is 9.98. The molecule has 0 N–H and O–H groups in total. The summed E-state index contributed by atoms with van der Waals surface area (Å²) < 4.78 is 25.8. The van der Waals surface area contributed by atoms with Gasteiger partial charge in [0.2, 0.25) is 5.79 Å². The van der Waals surface area contributed by atoms with Crippen molar-refractivity contribution in [3.05, 3.63) is 101 Å². The van der Waals surface area contributed by atoms with Crippen molar-refractivity contribution >= 4 is 35.0 Å². The third-order valence-corrected chi connectivity index (χ3v) is 7.71. The maximum atomic E-state index is 12.5. The molecule has 2 aliphatic heterocycles. The van der Waals surface area contributed by atoms with Crippen LogP contribution in [0.25, 0.3) is 0 Å². The second kappa shape index (κ2) is 12.6. The topological polar surface area (TPSA) is 91.2 Å². The number of hydrogen-bond donors (Lipinski definition) is 0. The number of anilines is 1. The first-order valence-electron chi connectivity index (χ1n) is 13.6. The minimum absolute atomic E-state index is 0.261. The molecule has 218 valence electrons. The molecule has 0 saturated carbocycles. The summed E-state index contributed by atoms with van der Waals surface area (Å²) in [4.78, 5) is 20.5. The Balaban J connectivity index is 1.03. The zero-order valence-electron chi connectivity index (χ0n) is 22.6. The summed E-state index contributed by atoms with van der Waals surface area (Å²) in [5.74, 6) is 0.0959. The van der Waals surface area contributed by atoms with Crippen LogP contribution in [-0.2, 0) is 21.8 Å². The van der Waals surface area contributed by atoms with Crippen molar-refractivity contribution < 1.29 is 23.7 Å². The van der Waals surface area contributed by atoms with Crippen molar-refractivity contribution in [2.45, 2.75) is 18.4 Å². The number of carbonyl (C=O) groups excluding carboxylic acids is 1. The molecule has 0 aliphatic carbocycles. The summed E-state index contributed by atoms with van der Waals surface area (Å²) in [6.07, 6.45) is 2.38. The molecule has 2 atom stereocenters. The molecular formula is C30H29Cl2N5O5. The molecule has 0 spiro atoms. The molecule has 12 heteroatoms. The molecule has 2 saturated heterocycles. The highest BCUT2D eigenvalue weighted by Gasteiger charge is 2.45. The Morgan fingerprint density at radius 3 is 2.48 bits per heavy atom. The third-order valence-electron chi connectivity index (χ3n) is 7.16. The van der Waals surface area contributed by atoms with E-state index >= 15 is 0 Å². The van der Waals surface area contributed by atoms with Gasteiger partial charge < -0.3 is 28.7 Å². The lowest BCUT2D eigenvalue weighted by Crippen LogP contribution is -2.49. The molecule has 2 fully saturated rings. The third kappa shape index (κ3) is 6.47. The monoisotopic (exact) mass is 609 g/mol. The number of aromatic nitrogens is 3. The molecule has 0 unspecified atom stereocenters. The van der Waals surface area contributed by atoms with Crippen LogP contribution in [0.5, 0.6) is 11.5 Å². The highest BCUT2D eigenvalue weighted by atomic mass is 35.5. The second-order valence-corrected chi connectivity index (χ2v) is 10.8. The van der Waals surface area contributed by atoms with Crippen LogP contribution >= 0.6 is 23.2 Å². The van der Waals surface area contributed by atoms with E-state index in [0.717, 1.165) is 5.69 Å². The Hall–Kier alpha value is -3.83. The van der Waals surface area contributed by atoms with Crippen LogP contribution < -0.4 is 14.4 Å². The zero-order chi connectivity index (χ0) is 28.9. The van der Waals surface area contributed by atoms with Crippen LogP contribution in [0, 0.1) is 0 Å². The van der Waals surface area contributed by atoms with Crippen molar-refractivity contribution in [1.82, 2.24) is 19.7 Å². The highest BCUT2D eigenvalue weighted by Crippen LogP contribution is 2.40. The molecule has 42 heavy (non-hydrogen) atoms. The van der Waals surface area contributed by atoms with Crippen LogP contribution in [-0.4, -0.2) is 71.3 Å². The van der Waals surface area contributed by atoms with Gasteiger partial charge >= 0.3 is 6.09 Å². The number of hydrogen-bond acceptors (Lipinski definition) is 8. The smallest absolute Gasteiger partial charge is 0.415 e. The summed E-state index contributed by atoms with van der Waals surface area (Å²) in [5.41, 5.74) is 1.72. The maximum absolute atomic E-state index is 12.5. The maximum Gasteiger partial charge on any atom is 0.415 e. The van der Waals surface area contributed by atoms with Gasteiger partial charge in [-0.05, 0) is 48.5 Å². The van der Waals surface area contributed by atoms with Gasteiger partial charge in [-0.1, -0.05) is 47.5 Å². The summed E-state index contributed by atoms with van der Waals surface area (Å²) in [7, 11) is 0. The van der Waals surface area contributed by atoms with Crippen molar-refractivity contribution in [3.63, 3.8) is 0 Å². The lowest BCUT2D eigenvalue weighted by Gasteiger charge is -2.35. The molecule has 3 heterocycles. The average Bonchev–Trinajstić information content (AvgIpc) is 3.67. The van der Waals surface area contributed by atoms with E-state index in [-0.39, 0.29) is 25.3 Å². The lowest BCUT2D eigenvalue weighted by molar-refractivity contribution is -0.190. The van der Waals surface area contributed by atoms with Gasteiger partial charge in [0.25, 0.3) is 0 Å². The number of benzene rings is 3. The van der Waals surface area contributed by atoms with E-state index in [4.69, 9.17) is 42.1 Å². The van der Waals surface area contributed by atoms with Gasteiger partial charge in [-0.25, -0.2) is 14.5 Å². The van der Waals surface area contributed by atoms with Crippen LogP contribution in [0.1, 0.15) is 5.56 Å². The van der Waals surface area contributed by atoms with Crippen LogP contribution in [0.4, 0.5) is 10.5 Å². The van der Waals surface area contributed by atoms with E-state index in [1.54, 1.807) is 46.2 Å². The number of piperazine rings is 1. The molecule has 0 bridgehead atoms. The van der Waals surface area contributed by atoms with E-state index < -0.39 is 5.79 Å².